The lowest BCUT2D eigenvalue weighted by Crippen LogP contribution is -1.99. The Balaban J connectivity index is 2.70. The summed E-state index contributed by atoms with van der Waals surface area (Å²) in [5.74, 6) is 0. The molecule has 0 aliphatic heterocycles. The number of hydrogen-bond acceptors (Lipinski definition) is 1. The van der Waals surface area contributed by atoms with E-state index in [1.54, 1.807) is 0 Å². The van der Waals surface area contributed by atoms with Crippen molar-refractivity contribution in [2.45, 2.75) is 13.3 Å². The first-order valence-electron chi connectivity index (χ1n) is 4.03. The Labute approximate surface area is 92.8 Å². The molecule has 0 nitrogen and oxygen atoms in total. The van der Waals surface area contributed by atoms with Crippen LogP contribution in [0.3, 0.4) is 0 Å². The highest BCUT2D eigenvalue weighted by atomic mass is 79.9. The monoisotopic (exact) mass is 254 g/mol. The maximum atomic E-state index is 5.18. The van der Waals surface area contributed by atoms with Crippen molar-refractivity contribution in [2.75, 3.05) is 0 Å². The van der Waals surface area contributed by atoms with Crippen LogP contribution in [0.15, 0.2) is 40.9 Å². The average molecular weight is 255 g/mol. The zero-order chi connectivity index (χ0) is 9.84. The summed E-state index contributed by atoms with van der Waals surface area (Å²) in [4.78, 5) is 0.933. The predicted molar refractivity (Wildman–Crippen MR) is 65.3 cm³/mol. The minimum Gasteiger partial charge on any atom is -0.0950 e. The quantitative estimate of drug-likeness (QED) is 0.582. The van der Waals surface area contributed by atoms with Crippen LogP contribution in [0.25, 0.3) is 0 Å². The SMILES string of the molecule is C=C(C)C(=S)Cc1ccc(Br)cc1. The first-order valence-corrected chi connectivity index (χ1v) is 5.23. The van der Waals surface area contributed by atoms with Crippen LogP contribution in [0.4, 0.5) is 0 Å². The summed E-state index contributed by atoms with van der Waals surface area (Å²) in [7, 11) is 0. The largest absolute Gasteiger partial charge is 0.0950 e. The average Bonchev–Trinajstić information content (AvgIpc) is 2.08. The van der Waals surface area contributed by atoms with Crippen LogP contribution in [0.1, 0.15) is 12.5 Å². The third kappa shape index (κ3) is 3.41. The van der Waals surface area contributed by atoms with E-state index >= 15 is 0 Å². The summed E-state index contributed by atoms with van der Waals surface area (Å²) in [5, 5.41) is 0. The van der Waals surface area contributed by atoms with Gasteiger partial charge in [0.1, 0.15) is 0 Å². The number of rotatable bonds is 3. The third-order valence-corrected chi connectivity index (χ3v) is 2.78. The van der Waals surface area contributed by atoms with Crippen molar-refractivity contribution in [3.63, 3.8) is 0 Å². The van der Waals surface area contributed by atoms with Crippen LogP contribution in [-0.2, 0) is 6.42 Å². The third-order valence-electron chi connectivity index (χ3n) is 1.75. The molecule has 0 unspecified atom stereocenters. The molecule has 1 aromatic carbocycles. The maximum absolute atomic E-state index is 5.18. The summed E-state index contributed by atoms with van der Waals surface area (Å²) in [6, 6.07) is 8.19. The molecule has 1 rings (SSSR count). The van der Waals surface area contributed by atoms with Gasteiger partial charge in [-0.15, -0.1) is 0 Å². The van der Waals surface area contributed by atoms with Gasteiger partial charge in [0, 0.05) is 15.8 Å². The summed E-state index contributed by atoms with van der Waals surface area (Å²) in [6.45, 7) is 5.76. The van der Waals surface area contributed by atoms with E-state index in [-0.39, 0.29) is 0 Å². The summed E-state index contributed by atoms with van der Waals surface area (Å²) in [6.07, 6.45) is 0.817. The van der Waals surface area contributed by atoms with E-state index in [0.29, 0.717) is 0 Å². The van der Waals surface area contributed by atoms with Crippen LogP contribution < -0.4 is 0 Å². The van der Waals surface area contributed by atoms with E-state index in [1.807, 2.05) is 19.1 Å². The van der Waals surface area contributed by atoms with Crippen LogP contribution in [0, 0.1) is 0 Å². The van der Waals surface area contributed by atoms with Gasteiger partial charge >= 0.3 is 0 Å². The van der Waals surface area contributed by atoms with Crippen molar-refractivity contribution in [3.05, 3.63) is 46.5 Å². The van der Waals surface area contributed by atoms with Crippen molar-refractivity contribution in [1.29, 1.82) is 0 Å². The molecule has 0 aromatic heterocycles. The van der Waals surface area contributed by atoms with Gasteiger partial charge < -0.3 is 0 Å². The number of thiocarbonyl (C=S) groups is 1. The molecule has 13 heavy (non-hydrogen) atoms. The zero-order valence-electron chi connectivity index (χ0n) is 7.51. The van der Waals surface area contributed by atoms with Crippen molar-refractivity contribution in [3.8, 4) is 0 Å². The van der Waals surface area contributed by atoms with Crippen molar-refractivity contribution in [1.82, 2.24) is 0 Å². The van der Waals surface area contributed by atoms with E-state index < -0.39 is 0 Å². The maximum Gasteiger partial charge on any atom is 0.0219 e. The Morgan fingerprint density at radius 3 is 2.38 bits per heavy atom. The molecule has 0 atom stereocenters. The molecule has 1 aromatic rings. The molecule has 0 bridgehead atoms. The molecule has 2 heteroatoms. The molecule has 68 valence electrons. The molecule has 0 aliphatic rings. The predicted octanol–water partition coefficient (Wildman–Crippen LogP) is 3.94. The van der Waals surface area contributed by atoms with Gasteiger partial charge in [0.05, 0.1) is 0 Å². The van der Waals surface area contributed by atoms with Crippen LogP contribution in [-0.4, -0.2) is 4.86 Å². The summed E-state index contributed by atoms with van der Waals surface area (Å²) in [5.41, 5.74) is 2.22. The Kier molecular flexibility index (Phi) is 3.82. The fraction of sp³-hybridized carbons (Fsp3) is 0.182. The van der Waals surface area contributed by atoms with Gasteiger partial charge in [-0.1, -0.05) is 46.9 Å². The van der Waals surface area contributed by atoms with Crippen molar-refractivity contribution in [2.24, 2.45) is 0 Å². The molecule has 0 spiro atoms. The highest BCUT2D eigenvalue weighted by molar-refractivity contribution is 9.10. The van der Waals surface area contributed by atoms with E-state index in [2.05, 4.69) is 34.6 Å². The minimum atomic E-state index is 0.817. The normalized spacial score (nSPS) is 9.69. The Morgan fingerprint density at radius 1 is 1.38 bits per heavy atom. The van der Waals surface area contributed by atoms with Gasteiger partial charge in [0.25, 0.3) is 0 Å². The standard InChI is InChI=1S/C11H11BrS/c1-8(2)11(13)7-9-3-5-10(12)6-4-9/h3-6H,1,7H2,2H3. The van der Waals surface area contributed by atoms with E-state index in [0.717, 1.165) is 21.3 Å². The smallest absolute Gasteiger partial charge is 0.0219 e. The van der Waals surface area contributed by atoms with Crippen LogP contribution in [0.5, 0.6) is 0 Å². The fourth-order valence-electron chi connectivity index (χ4n) is 0.939. The van der Waals surface area contributed by atoms with Gasteiger partial charge in [0.15, 0.2) is 0 Å². The Morgan fingerprint density at radius 2 is 1.92 bits per heavy atom. The first kappa shape index (κ1) is 10.6. The molecular weight excluding hydrogens is 244 g/mol. The lowest BCUT2D eigenvalue weighted by atomic mass is 10.1. The van der Waals surface area contributed by atoms with Gasteiger partial charge in [-0.25, -0.2) is 0 Å². The molecule has 0 aliphatic carbocycles. The van der Waals surface area contributed by atoms with Gasteiger partial charge in [-0.05, 0) is 30.2 Å². The highest BCUT2D eigenvalue weighted by Gasteiger charge is 1.99. The summed E-state index contributed by atoms with van der Waals surface area (Å²) >= 11 is 8.57. The Bertz CT molecular complexity index is 324. The molecule has 0 saturated heterocycles. The van der Waals surface area contributed by atoms with Crippen molar-refractivity contribution >= 4 is 33.0 Å². The lowest BCUT2D eigenvalue weighted by Gasteiger charge is -2.02. The van der Waals surface area contributed by atoms with Gasteiger partial charge in [0.2, 0.25) is 0 Å². The lowest BCUT2D eigenvalue weighted by molar-refractivity contribution is 1.33. The summed E-state index contributed by atoms with van der Waals surface area (Å²) < 4.78 is 1.09. The second-order valence-electron chi connectivity index (χ2n) is 3.01. The van der Waals surface area contributed by atoms with E-state index in [4.69, 9.17) is 12.2 Å². The van der Waals surface area contributed by atoms with E-state index in [9.17, 15) is 0 Å². The number of allylic oxidation sites excluding steroid dienone is 1. The first-order chi connectivity index (χ1) is 6.09. The van der Waals surface area contributed by atoms with Crippen LogP contribution >= 0.6 is 28.1 Å². The van der Waals surface area contributed by atoms with Crippen molar-refractivity contribution < 1.29 is 0 Å². The number of hydrogen-bond donors (Lipinski definition) is 0. The molecule has 0 fully saturated rings. The number of halogens is 1. The highest BCUT2D eigenvalue weighted by Crippen LogP contribution is 2.12. The molecule has 0 saturated carbocycles. The van der Waals surface area contributed by atoms with Gasteiger partial charge in [-0.2, -0.15) is 0 Å². The van der Waals surface area contributed by atoms with E-state index in [1.165, 1.54) is 5.56 Å². The van der Waals surface area contributed by atoms with Crippen LogP contribution in [0.2, 0.25) is 0 Å². The number of benzene rings is 1. The molecule has 0 N–H and O–H groups in total. The second-order valence-corrected chi connectivity index (χ2v) is 4.42. The second kappa shape index (κ2) is 4.68. The minimum absolute atomic E-state index is 0.817. The molecule has 0 amide bonds. The molecular formula is C11H11BrS. The Hall–Kier alpha value is -0.470. The topological polar surface area (TPSA) is 0 Å². The van der Waals surface area contributed by atoms with Gasteiger partial charge in [-0.3, -0.25) is 0 Å². The zero-order valence-corrected chi connectivity index (χ0v) is 9.91. The fourth-order valence-corrected chi connectivity index (χ4v) is 1.37. The molecule has 0 radical (unpaired) electrons. The molecule has 0 heterocycles.